The highest BCUT2D eigenvalue weighted by Crippen LogP contribution is 2.28. The van der Waals surface area contributed by atoms with Gasteiger partial charge in [0.25, 0.3) is 0 Å². The summed E-state index contributed by atoms with van der Waals surface area (Å²) in [6.07, 6.45) is 6.40. The van der Waals surface area contributed by atoms with Crippen LogP contribution in [0.1, 0.15) is 44.6 Å². The van der Waals surface area contributed by atoms with Crippen molar-refractivity contribution in [1.29, 1.82) is 0 Å². The van der Waals surface area contributed by atoms with Crippen molar-refractivity contribution in [3.05, 3.63) is 29.8 Å². The quantitative estimate of drug-likeness (QED) is 0.901. The van der Waals surface area contributed by atoms with Gasteiger partial charge in [-0.25, -0.2) is 4.79 Å². The molecular weight excluding hydrogens is 290 g/mol. The first-order valence-corrected chi connectivity index (χ1v) is 8.61. The molecule has 1 saturated carbocycles. The van der Waals surface area contributed by atoms with Gasteiger partial charge < -0.3 is 10.2 Å². The Morgan fingerprint density at radius 2 is 1.91 bits per heavy atom. The van der Waals surface area contributed by atoms with Crippen LogP contribution in [-0.4, -0.2) is 30.6 Å². The van der Waals surface area contributed by atoms with Gasteiger partial charge in [0.2, 0.25) is 5.91 Å². The minimum absolute atomic E-state index is 0.216. The zero-order valence-corrected chi connectivity index (χ0v) is 13.7. The van der Waals surface area contributed by atoms with Crippen LogP contribution >= 0.6 is 0 Å². The van der Waals surface area contributed by atoms with Crippen LogP contribution < -0.4 is 15.5 Å². The summed E-state index contributed by atoms with van der Waals surface area (Å²) >= 11 is 0. The number of carbonyl (C=O) groups is 2. The van der Waals surface area contributed by atoms with Crippen molar-refractivity contribution < 1.29 is 9.59 Å². The summed E-state index contributed by atoms with van der Waals surface area (Å²) in [5.41, 5.74) is 2.38. The fourth-order valence-electron chi connectivity index (χ4n) is 3.61. The second-order valence-electron chi connectivity index (χ2n) is 6.55. The topological polar surface area (TPSA) is 61.4 Å². The van der Waals surface area contributed by atoms with E-state index in [0.29, 0.717) is 0 Å². The molecule has 0 bridgehead atoms. The van der Waals surface area contributed by atoms with Crippen molar-refractivity contribution in [2.24, 2.45) is 0 Å². The molecule has 0 saturated heterocycles. The SMILES string of the molecule is C[C@H](C(=O)NC(=O)NC1CCCC1)N1CCCc2ccccc21. The molecule has 1 aromatic carbocycles. The summed E-state index contributed by atoms with van der Waals surface area (Å²) in [4.78, 5) is 26.5. The number of imide groups is 1. The largest absolute Gasteiger partial charge is 0.360 e. The molecule has 2 aliphatic rings. The van der Waals surface area contributed by atoms with Crippen LogP contribution in [0.2, 0.25) is 0 Å². The predicted octanol–water partition coefficient (Wildman–Crippen LogP) is 2.60. The highest BCUT2D eigenvalue weighted by atomic mass is 16.2. The Hall–Kier alpha value is -2.04. The zero-order chi connectivity index (χ0) is 16.2. The number of nitrogens with one attached hydrogen (secondary N) is 2. The van der Waals surface area contributed by atoms with Gasteiger partial charge in [0.1, 0.15) is 6.04 Å². The lowest BCUT2D eigenvalue weighted by molar-refractivity contribution is -0.121. The third-order valence-electron chi connectivity index (χ3n) is 4.92. The van der Waals surface area contributed by atoms with Crippen LogP contribution in [0, 0.1) is 0 Å². The molecule has 5 nitrogen and oxygen atoms in total. The van der Waals surface area contributed by atoms with E-state index in [4.69, 9.17) is 0 Å². The Morgan fingerprint density at radius 3 is 2.70 bits per heavy atom. The number of benzene rings is 1. The van der Waals surface area contributed by atoms with E-state index >= 15 is 0 Å². The standard InChI is InChI=1S/C18H25N3O2/c1-13(17(22)20-18(23)19-15-9-3-4-10-15)21-12-6-8-14-7-2-5-11-16(14)21/h2,5,7,11,13,15H,3-4,6,8-10,12H2,1H3,(H2,19,20,22,23)/t13-/m1/s1. The number of urea groups is 1. The zero-order valence-electron chi connectivity index (χ0n) is 13.7. The highest BCUT2D eigenvalue weighted by Gasteiger charge is 2.27. The van der Waals surface area contributed by atoms with Gasteiger partial charge in [-0.15, -0.1) is 0 Å². The van der Waals surface area contributed by atoms with Gasteiger partial charge in [0.05, 0.1) is 0 Å². The van der Waals surface area contributed by atoms with E-state index in [1.54, 1.807) is 0 Å². The summed E-state index contributed by atoms with van der Waals surface area (Å²) in [5, 5.41) is 5.40. The number of aryl methyl sites for hydroxylation is 1. The second kappa shape index (κ2) is 7.02. The summed E-state index contributed by atoms with van der Waals surface area (Å²) < 4.78 is 0. The van der Waals surface area contributed by atoms with E-state index < -0.39 is 0 Å². The first kappa shape index (κ1) is 15.8. The Balaban J connectivity index is 1.60. The Labute approximate surface area is 137 Å². The van der Waals surface area contributed by atoms with E-state index in [1.807, 2.05) is 19.1 Å². The molecule has 1 aliphatic heterocycles. The number of hydrogen-bond donors (Lipinski definition) is 2. The summed E-state index contributed by atoms with van der Waals surface area (Å²) in [6, 6.07) is 7.69. The molecule has 1 fully saturated rings. The van der Waals surface area contributed by atoms with Gasteiger partial charge in [-0.2, -0.15) is 0 Å². The molecule has 0 aromatic heterocycles. The number of nitrogens with zero attached hydrogens (tertiary/aromatic N) is 1. The molecule has 1 heterocycles. The molecule has 3 rings (SSSR count). The first-order valence-electron chi connectivity index (χ1n) is 8.61. The molecule has 1 atom stereocenters. The maximum atomic E-state index is 12.4. The van der Waals surface area contributed by atoms with Crippen molar-refractivity contribution in [2.75, 3.05) is 11.4 Å². The Morgan fingerprint density at radius 1 is 1.17 bits per heavy atom. The van der Waals surface area contributed by atoms with Gasteiger partial charge in [-0.05, 0) is 44.2 Å². The minimum Gasteiger partial charge on any atom is -0.360 e. The van der Waals surface area contributed by atoms with Crippen LogP contribution in [0.4, 0.5) is 10.5 Å². The molecular formula is C18H25N3O2. The lowest BCUT2D eigenvalue weighted by atomic mass is 10.00. The Kier molecular flexibility index (Phi) is 4.84. The van der Waals surface area contributed by atoms with Crippen LogP contribution in [0.15, 0.2) is 24.3 Å². The summed E-state index contributed by atoms with van der Waals surface area (Å²) in [7, 11) is 0. The molecule has 1 aliphatic carbocycles. The first-order chi connectivity index (χ1) is 11.1. The van der Waals surface area contributed by atoms with E-state index in [2.05, 4.69) is 27.7 Å². The van der Waals surface area contributed by atoms with E-state index in [9.17, 15) is 9.59 Å². The van der Waals surface area contributed by atoms with Crippen LogP contribution in [-0.2, 0) is 11.2 Å². The van der Waals surface area contributed by atoms with Gasteiger partial charge >= 0.3 is 6.03 Å². The lowest BCUT2D eigenvalue weighted by Gasteiger charge is -2.35. The number of carbonyl (C=O) groups excluding carboxylic acids is 2. The van der Waals surface area contributed by atoms with Crippen LogP contribution in [0.25, 0.3) is 0 Å². The normalized spacial score (nSPS) is 19.1. The van der Waals surface area contributed by atoms with Crippen LogP contribution in [0.5, 0.6) is 0 Å². The van der Waals surface area contributed by atoms with Gasteiger partial charge in [-0.3, -0.25) is 10.1 Å². The number of hydrogen-bond acceptors (Lipinski definition) is 3. The average Bonchev–Trinajstić information content (AvgIpc) is 3.06. The van der Waals surface area contributed by atoms with Crippen molar-refractivity contribution in [1.82, 2.24) is 10.6 Å². The molecule has 2 N–H and O–H groups in total. The molecule has 0 spiro atoms. The molecule has 23 heavy (non-hydrogen) atoms. The third-order valence-corrected chi connectivity index (χ3v) is 4.92. The fraction of sp³-hybridized carbons (Fsp3) is 0.556. The van der Waals surface area contributed by atoms with Crippen LogP contribution in [0.3, 0.4) is 0 Å². The monoisotopic (exact) mass is 315 g/mol. The second-order valence-corrected chi connectivity index (χ2v) is 6.55. The minimum atomic E-state index is -0.362. The summed E-state index contributed by atoms with van der Waals surface area (Å²) in [5.74, 6) is -0.239. The molecule has 0 unspecified atom stereocenters. The highest BCUT2D eigenvalue weighted by molar-refractivity contribution is 5.98. The molecule has 124 valence electrons. The smallest absolute Gasteiger partial charge is 0.321 e. The maximum absolute atomic E-state index is 12.4. The van der Waals surface area contributed by atoms with Gasteiger partial charge in [-0.1, -0.05) is 31.0 Å². The maximum Gasteiger partial charge on any atom is 0.321 e. The predicted molar refractivity (Wildman–Crippen MR) is 90.5 cm³/mol. The van der Waals surface area contributed by atoms with E-state index in [-0.39, 0.29) is 24.0 Å². The summed E-state index contributed by atoms with van der Waals surface area (Å²) in [6.45, 7) is 2.70. The van der Waals surface area contributed by atoms with Crippen molar-refractivity contribution in [3.8, 4) is 0 Å². The van der Waals surface area contributed by atoms with E-state index in [0.717, 1.165) is 50.8 Å². The van der Waals surface area contributed by atoms with E-state index in [1.165, 1.54) is 5.56 Å². The molecule has 5 heteroatoms. The molecule has 0 radical (unpaired) electrons. The number of fused-ring (bicyclic) bond motifs is 1. The molecule has 1 aromatic rings. The third kappa shape index (κ3) is 3.66. The van der Waals surface area contributed by atoms with Gasteiger partial charge in [0.15, 0.2) is 0 Å². The fourth-order valence-corrected chi connectivity index (χ4v) is 3.61. The van der Waals surface area contributed by atoms with Crippen molar-refractivity contribution in [3.63, 3.8) is 0 Å². The van der Waals surface area contributed by atoms with Gasteiger partial charge in [0, 0.05) is 18.3 Å². The number of amides is 3. The number of rotatable bonds is 3. The lowest BCUT2D eigenvalue weighted by Crippen LogP contribution is -2.52. The molecule has 3 amide bonds. The number of anilines is 1. The number of para-hydroxylation sites is 1. The van der Waals surface area contributed by atoms with Crippen molar-refractivity contribution in [2.45, 2.75) is 57.5 Å². The van der Waals surface area contributed by atoms with Crippen molar-refractivity contribution >= 4 is 17.6 Å². The average molecular weight is 315 g/mol. The Bertz CT molecular complexity index is 581.